The largest absolute Gasteiger partial charge is 0.466 e. The highest BCUT2D eigenvalue weighted by Crippen LogP contribution is 2.28. The molecule has 4 aliphatic rings. The number of likely N-dealkylation sites (tertiary alicyclic amines) is 2. The molecule has 0 radical (unpaired) electrons. The molecule has 4 rings (SSSR count). The molecule has 0 aromatic rings. The van der Waals surface area contributed by atoms with Crippen molar-refractivity contribution in [2.45, 2.75) is 303 Å². The fourth-order valence-corrected chi connectivity index (χ4v) is 14.4. The van der Waals surface area contributed by atoms with Crippen LogP contribution in [-0.2, 0) is 57.2 Å². The van der Waals surface area contributed by atoms with E-state index in [2.05, 4.69) is 42.0 Å². The Hall–Kier alpha value is -4.04. The van der Waals surface area contributed by atoms with Gasteiger partial charge in [0.05, 0.1) is 32.7 Å². The third-order valence-corrected chi connectivity index (χ3v) is 20.7. The van der Waals surface area contributed by atoms with E-state index < -0.39 is 0 Å². The number of hydrogen-bond donors (Lipinski definition) is 0. The predicted molar refractivity (Wildman–Crippen MR) is 375 cm³/mol. The van der Waals surface area contributed by atoms with Crippen LogP contribution in [0.2, 0.25) is 0 Å². The lowest BCUT2D eigenvalue weighted by Gasteiger charge is -2.32. The Morgan fingerprint density at radius 3 is 1.40 bits per heavy atom. The van der Waals surface area contributed by atoms with Gasteiger partial charge in [-0.1, -0.05) is 188 Å². The van der Waals surface area contributed by atoms with E-state index in [0.29, 0.717) is 100 Å². The van der Waals surface area contributed by atoms with Gasteiger partial charge in [-0.25, -0.2) is 0 Å². The molecule has 2 aliphatic heterocycles. The van der Waals surface area contributed by atoms with Crippen molar-refractivity contribution in [3.63, 3.8) is 0 Å². The minimum Gasteiger partial charge on any atom is -0.466 e. The normalized spacial score (nSPS) is 15.6. The average molecular weight is 1320 g/mol. The first-order valence-corrected chi connectivity index (χ1v) is 39.6. The van der Waals surface area contributed by atoms with Gasteiger partial charge in [-0.05, 0) is 165 Å². The van der Waals surface area contributed by atoms with Crippen molar-refractivity contribution in [3.05, 3.63) is 58.4 Å². The van der Waals surface area contributed by atoms with E-state index in [9.17, 15) is 28.8 Å². The lowest BCUT2D eigenvalue weighted by Crippen LogP contribution is -2.36. The van der Waals surface area contributed by atoms with E-state index in [0.717, 1.165) is 172 Å². The molecule has 16 heteroatoms. The third kappa shape index (κ3) is 42.4. The van der Waals surface area contributed by atoms with E-state index in [1.807, 2.05) is 33.7 Å². The van der Waals surface area contributed by atoms with Gasteiger partial charge in [0.15, 0.2) is 5.76 Å². The molecule has 522 valence electrons. The molecular weight excluding hydrogens is 1200 g/mol. The molecule has 0 aromatic carbocycles. The highest BCUT2D eigenvalue weighted by atomic mass is 33.1. The van der Waals surface area contributed by atoms with Gasteiger partial charge in [0.2, 0.25) is 0 Å². The van der Waals surface area contributed by atoms with Crippen molar-refractivity contribution in [2.75, 3.05) is 70.6 Å². The van der Waals surface area contributed by atoms with Gasteiger partial charge in [-0.3, -0.25) is 28.8 Å². The Bertz CT molecular complexity index is 2240. The number of ether oxygens (including phenoxy) is 6. The molecule has 2 fully saturated rings. The molecule has 92 heavy (non-hydrogen) atoms. The van der Waals surface area contributed by atoms with E-state index in [-0.39, 0.29) is 54.8 Å². The van der Waals surface area contributed by atoms with Crippen LogP contribution in [0.5, 0.6) is 0 Å². The number of carbonyl (C=O) groups excluding carboxylic acids is 6. The molecule has 0 N–H and O–H groups in total. The summed E-state index contributed by atoms with van der Waals surface area (Å²) in [5, 5.41) is 0. The molecule has 2 heterocycles. The van der Waals surface area contributed by atoms with Crippen LogP contribution in [0.3, 0.4) is 0 Å². The van der Waals surface area contributed by atoms with Crippen LogP contribution in [0.1, 0.15) is 297 Å². The van der Waals surface area contributed by atoms with Crippen LogP contribution in [0.4, 0.5) is 0 Å². The zero-order valence-corrected chi connectivity index (χ0v) is 59.5. The second-order valence-corrected chi connectivity index (χ2v) is 29.1. The van der Waals surface area contributed by atoms with Gasteiger partial charge in [0.25, 0.3) is 0 Å². The monoisotopic (exact) mass is 1320 g/mol. The van der Waals surface area contributed by atoms with Gasteiger partial charge in [0, 0.05) is 62.3 Å². The maximum atomic E-state index is 12.8. The molecule has 2 saturated heterocycles. The number of nitrogens with zero attached hydrogens (tertiary/aromatic N) is 2. The van der Waals surface area contributed by atoms with E-state index in [1.54, 1.807) is 12.2 Å². The molecule has 0 amide bonds. The van der Waals surface area contributed by atoms with Crippen LogP contribution in [0, 0.1) is 11.8 Å². The highest BCUT2D eigenvalue weighted by Gasteiger charge is 2.23. The number of piperidine rings is 2. The standard InChI is InChI=1S/C76H124N2O12S2/c1-4-7-10-13-16-22-30-57-85-71(79)33-26-20-17-21-27-34-73(81)89-69-41-37-66(38-42-69)62-75(83)86-58-49-64-45-51-77(52-46-64)55-60-91-92-61-56-78-53-47-65(48-54-78)50-59-87-76(84)63-67-39-43-70(44-40-67)90-74(82)36-29-23-28-35-72(80)88-68(31-24-18-14-11-8-5-2)32-25-19-15-12-9-6-3/h37,39,41,43,64-65,68H,4-36,40,44-63H2,1-3H3. The third-order valence-electron chi connectivity index (χ3n) is 18.3. The minimum atomic E-state index is -0.314. The Morgan fingerprint density at radius 2 is 0.902 bits per heavy atom. The summed E-state index contributed by atoms with van der Waals surface area (Å²) in [6.07, 6.45) is 48.2. The minimum absolute atomic E-state index is 0.0292. The summed E-state index contributed by atoms with van der Waals surface area (Å²) < 4.78 is 33.7. The molecule has 0 saturated carbocycles. The number of allylic oxidation sites excluding steroid dienone is 5. The second kappa shape index (κ2) is 54.1. The van der Waals surface area contributed by atoms with Gasteiger partial charge in [-0.15, -0.1) is 0 Å². The summed E-state index contributed by atoms with van der Waals surface area (Å²) in [5.41, 5.74) is 7.46. The Labute approximate surface area is 565 Å². The molecular formula is C76H124N2O12S2. The number of esters is 6. The molecule has 0 atom stereocenters. The van der Waals surface area contributed by atoms with Crippen molar-refractivity contribution in [1.82, 2.24) is 9.80 Å². The molecule has 2 aliphatic carbocycles. The SMILES string of the molecule is CCCCCCCCCOC(=O)CCCCCCCC(=O)OC1=C=C=C(CC(=O)OCCC2CCN(CCSSCCN3CCC(CCOC(=O)CC4=CC=C(OC(=O)CCCCCC(=O)OC(CCCCCCCC)CCCCCCCC)CC4)CC3)CC2)C=C1. The Balaban J connectivity index is 0.914. The van der Waals surface area contributed by atoms with Gasteiger partial charge >= 0.3 is 35.8 Å². The molecule has 14 nitrogen and oxygen atoms in total. The van der Waals surface area contributed by atoms with Crippen LogP contribution >= 0.6 is 21.6 Å². The van der Waals surface area contributed by atoms with Crippen LogP contribution in [-0.4, -0.2) is 122 Å². The summed E-state index contributed by atoms with van der Waals surface area (Å²) in [6.45, 7) is 14.7. The van der Waals surface area contributed by atoms with Crippen molar-refractivity contribution < 1.29 is 57.2 Å². The molecule has 0 unspecified atom stereocenters. The maximum absolute atomic E-state index is 12.8. The zero-order chi connectivity index (χ0) is 65.7. The second-order valence-electron chi connectivity index (χ2n) is 26.4. The topological polar surface area (TPSA) is 164 Å². The van der Waals surface area contributed by atoms with E-state index >= 15 is 0 Å². The van der Waals surface area contributed by atoms with Crippen molar-refractivity contribution in [1.29, 1.82) is 0 Å². The summed E-state index contributed by atoms with van der Waals surface area (Å²) in [6, 6.07) is 0. The van der Waals surface area contributed by atoms with Gasteiger partial charge in [-0.2, -0.15) is 0 Å². The number of carbonyl (C=O) groups is 6. The van der Waals surface area contributed by atoms with E-state index in [1.165, 1.54) is 96.3 Å². The summed E-state index contributed by atoms with van der Waals surface area (Å²) in [7, 11) is 3.95. The highest BCUT2D eigenvalue weighted by molar-refractivity contribution is 8.76. The summed E-state index contributed by atoms with van der Waals surface area (Å²) in [4.78, 5) is 80.3. The van der Waals surface area contributed by atoms with Crippen LogP contribution < -0.4 is 0 Å². The zero-order valence-electron chi connectivity index (χ0n) is 57.8. The van der Waals surface area contributed by atoms with Crippen molar-refractivity contribution in [2.24, 2.45) is 11.8 Å². The smallest absolute Gasteiger partial charge is 0.311 e. The number of rotatable bonds is 56. The molecule has 0 bridgehead atoms. The molecule has 0 aromatic heterocycles. The fraction of sp³-hybridized carbons (Fsp3) is 0.789. The maximum Gasteiger partial charge on any atom is 0.311 e. The quantitative estimate of drug-likeness (QED) is 0.0185. The van der Waals surface area contributed by atoms with Gasteiger partial charge < -0.3 is 38.2 Å². The molecule has 0 spiro atoms. The first-order valence-electron chi connectivity index (χ1n) is 37.1. The fourth-order valence-electron chi connectivity index (χ4n) is 12.3. The van der Waals surface area contributed by atoms with Gasteiger partial charge in [0.1, 0.15) is 11.9 Å². The Kier molecular flexibility index (Phi) is 47.3. The van der Waals surface area contributed by atoms with Crippen molar-refractivity contribution in [3.8, 4) is 0 Å². The van der Waals surface area contributed by atoms with Crippen molar-refractivity contribution >= 4 is 57.4 Å². The summed E-state index contributed by atoms with van der Waals surface area (Å²) >= 11 is 0. The first-order chi connectivity index (χ1) is 45.0. The predicted octanol–water partition coefficient (Wildman–Crippen LogP) is 18.7. The Morgan fingerprint density at radius 1 is 0.457 bits per heavy atom. The summed E-state index contributed by atoms with van der Waals surface area (Å²) in [5.74, 6) is 3.05. The number of unbranched alkanes of at least 4 members (excludes halogenated alkanes) is 22. The number of hydrogen-bond acceptors (Lipinski definition) is 16. The van der Waals surface area contributed by atoms with E-state index in [4.69, 9.17) is 28.4 Å². The van der Waals surface area contributed by atoms with Crippen LogP contribution in [0.25, 0.3) is 0 Å². The lowest BCUT2D eigenvalue weighted by atomic mass is 9.94. The lowest BCUT2D eigenvalue weighted by molar-refractivity contribution is -0.150. The first kappa shape index (κ1) is 80.4. The average Bonchev–Trinajstić information content (AvgIpc) is 1.98. The van der Waals surface area contributed by atoms with Crippen LogP contribution in [0.15, 0.2) is 58.4 Å².